The average molecular weight is 404 g/mol. The number of carbonyl (C=O) groups excluding carboxylic acids is 3. The van der Waals surface area contributed by atoms with E-state index in [-0.39, 0.29) is 17.8 Å². The first-order chi connectivity index (χ1) is 13.3. The lowest BCUT2D eigenvalue weighted by molar-refractivity contribution is -0.147. The van der Waals surface area contributed by atoms with Crippen molar-refractivity contribution in [3.05, 3.63) is 41.2 Å². The molecule has 0 aliphatic carbocycles. The van der Waals surface area contributed by atoms with Gasteiger partial charge in [0.2, 0.25) is 0 Å². The topological polar surface area (TPSA) is 82.6 Å². The van der Waals surface area contributed by atoms with Crippen molar-refractivity contribution in [1.29, 1.82) is 0 Å². The molecule has 1 aromatic heterocycles. The van der Waals surface area contributed by atoms with Crippen LogP contribution in [-0.2, 0) is 9.59 Å². The summed E-state index contributed by atoms with van der Waals surface area (Å²) in [6, 6.07) is 5.83. The van der Waals surface area contributed by atoms with Gasteiger partial charge >= 0.3 is 11.8 Å². The van der Waals surface area contributed by atoms with Gasteiger partial charge in [-0.15, -0.1) is 11.3 Å². The highest BCUT2D eigenvalue weighted by atomic mass is 32.1. The average Bonchev–Trinajstić information content (AvgIpc) is 3.17. The number of nitrogens with one attached hydrogen (secondary N) is 1. The third kappa shape index (κ3) is 4.53. The zero-order valence-electron chi connectivity index (χ0n) is 15.6. The Labute approximate surface area is 166 Å². The van der Waals surface area contributed by atoms with Gasteiger partial charge in [0, 0.05) is 43.2 Å². The Morgan fingerprint density at radius 1 is 1.07 bits per heavy atom. The van der Waals surface area contributed by atoms with E-state index in [1.54, 1.807) is 36.3 Å². The first-order valence-corrected chi connectivity index (χ1v) is 9.83. The minimum absolute atomic E-state index is 0.112. The summed E-state index contributed by atoms with van der Waals surface area (Å²) in [4.78, 5) is 44.1. The van der Waals surface area contributed by atoms with Crippen LogP contribution >= 0.6 is 11.3 Å². The number of benzene rings is 1. The van der Waals surface area contributed by atoms with Crippen molar-refractivity contribution in [3.63, 3.8) is 0 Å². The summed E-state index contributed by atoms with van der Waals surface area (Å²) in [5, 5.41) is 4.90. The highest BCUT2D eigenvalue weighted by molar-refractivity contribution is 7.13. The van der Waals surface area contributed by atoms with Crippen molar-refractivity contribution in [2.45, 2.75) is 19.9 Å². The largest absolute Gasteiger partial charge is 0.346 e. The molecule has 1 aromatic carbocycles. The van der Waals surface area contributed by atoms with Gasteiger partial charge in [0.15, 0.2) is 0 Å². The lowest BCUT2D eigenvalue weighted by Crippen LogP contribution is -2.54. The third-order valence-corrected chi connectivity index (χ3v) is 5.17. The predicted molar refractivity (Wildman–Crippen MR) is 103 cm³/mol. The van der Waals surface area contributed by atoms with E-state index in [0.717, 1.165) is 5.56 Å². The summed E-state index contributed by atoms with van der Waals surface area (Å²) in [6.45, 7) is 4.84. The number of halogens is 1. The van der Waals surface area contributed by atoms with Crippen LogP contribution in [0.4, 0.5) is 4.39 Å². The van der Waals surface area contributed by atoms with Crippen molar-refractivity contribution < 1.29 is 18.8 Å². The standard InChI is InChI=1S/C19H21FN4O3S/c1-12(2)21-16(25)19(27)24-9-7-23(8-10-24)18(26)15-11-28-17(22-15)13-3-5-14(20)6-4-13/h3-6,11-12H,7-10H2,1-2H3,(H,21,25). The zero-order valence-corrected chi connectivity index (χ0v) is 16.5. The number of carbonyl (C=O) groups is 3. The van der Waals surface area contributed by atoms with E-state index in [0.29, 0.717) is 36.9 Å². The molecular weight excluding hydrogens is 383 g/mol. The van der Waals surface area contributed by atoms with E-state index in [1.807, 2.05) is 0 Å². The van der Waals surface area contributed by atoms with Crippen LogP contribution in [0.15, 0.2) is 29.6 Å². The molecule has 28 heavy (non-hydrogen) atoms. The molecule has 1 aliphatic rings. The molecule has 3 rings (SSSR count). The van der Waals surface area contributed by atoms with Crippen molar-refractivity contribution in [3.8, 4) is 10.6 Å². The Kier molecular flexibility index (Phi) is 6.03. The Morgan fingerprint density at radius 2 is 1.68 bits per heavy atom. The number of thiazole rings is 1. The number of hydrogen-bond acceptors (Lipinski definition) is 5. The molecule has 1 fully saturated rings. The van der Waals surface area contributed by atoms with E-state index in [4.69, 9.17) is 0 Å². The van der Waals surface area contributed by atoms with Gasteiger partial charge in [-0.3, -0.25) is 14.4 Å². The van der Waals surface area contributed by atoms with Crippen molar-refractivity contribution in [1.82, 2.24) is 20.1 Å². The van der Waals surface area contributed by atoms with Crippen LogP contribution in [0.5, 0.6) is 0 Å². The number of hydrogen-bond donors (Lipinski definition) is 1. The summed E-state index contributed by atoms with van der Waals surface area (Å²) in [5.74, 6) is -1.75. The molecule has 3 amide bonds. The fourth-order valence-electron chi connectivity index (χ4n) is 2.84. The van der Waals surface area contributed by atoms with Gasteiger partial charge < -0.3 is 15.1 Å². The maximum atomic E-state index is 13.0. The van der Waals surface area contributed by atoms with E-state index in [2.05, 4.69) is 10.3 Å². The molecule has 0 spiro atoms. The molecule has 7 nitrogen and oxygen atoms in total. The molecular formula is C19H21FN4O3S. The highest BCUT2D eigenvalue weighted by Gasteiger charge is 2.29. The molecule has 0 bridgehead atoms. The SMILES string of the molecule is CC(C)NC(=O)C(=O)N1CCN(C(=O)c2csc(-c3ccc(F)cc3)n2)CC1. The molecule has 2 aromatic rings. The minimum Gasteiger partial charge on any atom is -0.346 e. The molecule has 148 valence electrons. The number of rotatable bonds is 3. The quantitative estimate of drug-likeness (QED) is 0.791. The van der Waals surface area contributed by atoms with Gasteiger partial charge in [-0.05, 0) is 38.1 Å². The first-order valence-electron chi connectivity index (χ1n) is 8.95. The van der Waals surface area contributed by atoms with Crippen LogP contribution in [0.2, 0.25) is 0 Å². The predicted octanol–water partition coefficient (Wildman–Crippen LogP) is 1.76. The number of piperazine rings is 1. The van der Waals surface area contributed by atoms with Crippen molar-refractivity contribution >= 4 is 29.1 Å². The smallest absolute Gasteiger partial charge is 0.312 e. The van der Waals surface area contributed by atoms with Gasteiger partial charge in [0.25, 0.3) is 5.91 Å². The number of nitrogens with zero attached hydrogens (tertiary/aromatic N) is 3. The van der Waals surface area contributed by atoms with E-state index >= 15 is 0 Å². The molecule has 0 unspecified atom stereocenters. The van der Waals surface area contributed by atoms with Gasteiger partial charge in [-0.2, -0.15) is 0 Å². The fourth-order valence-corrected chi connectivity index (χ4v) is 3.64. The van der Waals surface area contributed by atoms with Crippen LogP contribution in [-0.4, -0.2) is 64.7 Å². The molecule has 0 atom stereocenters. The Bertz CT molecular complexity index is 874. The van der Waals surface area contributed by atoms with Crippen LogP contribution < -0.4 is 5.32 Å². The lowest BCUT2D eigenvalue weighted by Gasteiger charge is -2.34. The van der Waals surface area contributed by atoms with Crippen molar-refractivity contribution in [2.24, 2.45) is 0 Å². The molecule has 0 saturated carbocycles. The summed E-state index contributed by atoms with van der Waals surface area (Å²) in [5.41, 5.74) is 1.07. The van der Waals surface area contributed by atoms with Gasteiger partial charge in [0.05, 0.1) is 0 Å². The van der Waals surface area contributed by atoms with Crippen LogP contribution in [0.3, 0.4) is 0 Å². The van der Waals surface area contributed by atoms with Crippen LogP contribution in [0, 0.1) is 5.82 Å². The molecule has 1 N–H and O–H groups in total. The summed E-state index contributed by atoms with van der Waals surface area (Å²) >= 11 is 1.32. The second-order valence-electron chi connectivity index (χ2n) is 6.76. The maximum absolute atomic E-state index is 13.0. The summed E-state index contributed by atoms with van der Waals surface area (Å²) in [6.07, 6.45) is 0. The highest BCUT2D eigenvalue weighted by Crippen LogP contribution is 2.24. The molecule has 0 radical (unpaired) electrons. The molecule has 9 heteroatoms. The van der Waals surface area contributed by atoms with Gasteiger partial charge in [-0.25, -0.2) is 9.37 Å². The molecule has 2 heterocycles. The molecule has 1 saturated heterocycles. The van der Waals surface area contributed by atoms with E-state index < -0.39 is 11.8 Å². The van der Waals surface area contributed by atoms with Crippen LogP contribution in [0.1, 0.15) is 24.3 Å². The van der Waals surface area contributed by atoms with Crippen LogP contribution in [0.25, 0.3) is 10.6 Å². The molecule has 1 aliphatic heterocycles. The number of amides is 3. The van der Waals surface area contributed by atoms with E-state index in [9.17, 15) is 18.8 Å². The van der Waals surface area contributed by atoms with Gasteiger partial charge in [-0.1, -0.05) is 0 Å². The second kappa shape index (κ2) is 8.47. The minimum atomic E-state index is -0.627. The van der Waals surface area contributed by atoms with Gasteiger partial charge in [0.1, 0.15) is 16.5 Å². The zero-order chi connectivity index (χ0) is 20.3. The normalized spacial score (nSPS) is 14.3. The van der Waals surface area contributed by atoms with Crippen molar-refractivity contribution in [2.75, 3.05) is 26.2 Å². The number of aromatic nitrogens is 1. The lowest BCUT2D eigenvalue weighted by atomic mass is 10.2. The van der Waals surface area contributed by atoms with E-state index in [1.165, 1.54) is 28.4 Å². The first kappa shape index (κ1) is 19.9. The summed E-state index contributed by atoms with van der Waals surface area (Å²) < 4.78 is 13.0. The Balaban J connectivity index is 1.59. The maximum Gasteiger partial charge on any atom is 0.312 e. The fraction of sp³-hybridized carbons (Fsp3) is 0.368. The third-order valence-electron chi connectivity index (χ3n) is 4.28. The summed E-state index contributed by atoms with van der Waals surface area (Å²) in [7, 11) is 0. The second-order valence-corrected chi connectivity index (χ2v) is 7.62. The Morgan fingerprint density at radius 3 is 2.29 bits per heavy atom. The monoisotopic (exact) mass is 404 g/mol. The Hall–Kier alpha value is -2.81.